The van der Waals surface area contributed by atoms with Gasteiger partial charge in [0.1, 0.15) is 22.9 Å². The molecular weight excluding hydrogens is 452 g/mol. The van der Waals surface area contributed by atoms with Gasteiger partial charge in [-0.3, -0.25) is 9.10 Å². The first-order chi connectivity index (χ1) is 16.2. The number of sulfonamides is 1. The minimum Gasteiger partial charge on any atom is -0.495 e. The number of carbonyl (C=O) groups excluding carboxylic acids is 1. The zero-order valence-corrected chi connectivity index (χ0v) is 20.9. The highest BCUT2D eigenvalue weighted by atomic mass is 32.2. The van der Waals surface area contributed by atoms with Crippen molar-refractivity contribution >= 4 is 27.3 Å². The van der Waals surface area contributed by atoms with Gasteiger partial charge in [0.25, 0.3) is 10.0 Å². The number of nitrogens with zero attached hydrogens (tertiary/aromatic N) is 1. The lowest BCUT2D eigenvalue weighted by Crippen LogP contribution is -2.38. The molecule has 7 nitrogen and oxygen atoms in total. The van der Waals surface area contributed by atoms with Crippen molar-refractivity contribution in [3.8, 4) is 11.5 Å². The van der Waals surface area contributed by atoms with Crippen molar-refractivity contribution in [3.05, 3.63) is 77.4 Å². The minimum absolute atomic E-state index is 0.00394. The van der Waals surface area contributed by atoms with Crippen molar-refractivity contribution in [2.24, 2.45) is 0 Å². The van der Waals surface area contributed by atoms with Crippen LogP contribution in [0.2, 0.25) is 0 Å². The number of amides is 1. The standard InChI is InChI=1S/C26H30N2O5S/c1-6-33-23-10-8-7-9-22(23)27-26(29)17-28(21-13-12-19(3)20(4)16-21)34(30,31)25-15-18(2)11-14-24(25)32-5/h7-16H,6,17H2,1-5H3,(H,27,29). The lowest BCUT2D eigenvalue weighted by atomic mass is 10.1. The highest BCUT2D eigenvalue weighted by molar-refractivity contribution is 7.93. The van der Waals surface area contributed by atoms with Crippen LogP contribution < -0.4 is 19.1 Å². The highest BCUT2D eigenvalue weighted by Gasteiger charge is 2.30. The summed E-state index contributed by atoms with van der Waals surface area (Å²) in [5, 5.41) is 2.78. The van der Waals surface area contributed by atoms with Gasteiger partial charge < -0.3 is 14.8 Å². The van der Waals surface area contributed by atoms with Crippen LogP contribution in [0.4, 0.5) is 11.4 Å². The molecule has 0 atom stereocenters. The first kappa shape index (κ1) is 25.1. The van der Waals surface area contributed by atoms with Crippen LogP contribution in [-0.4, -0.2) is 34.6 Å². The molecule has 0 spiro atoms. The van der Waals surface area contributed by atoms with Crippen LogP contribution >= 0.6 is 0 Å². The summed E-state index contributed by atoms with van der Waals surface area (Å²) in [7, 11) is -2.72. The van der Waals surface area contributed by atoms with Gasteiger partial charge in [-0.25, -0.2) is 8.42 Å². The number of anilines is 2. The Morgan fingerprint density at radius 3 is 2.35 bits per heavy atom. The predicted molar refractivity (Wildman–Crippen MR) is 134 cm³/mol. The summed E-state index contributed by atoms with van der Waals surface area (Å²) >= 11 is 0. The van der Waals surface area contributed by atoms with Gasteiger partial charge in [0.15, 0.2) is 0 Å². The number of para-hydroxylation sites is 2. The lowest BCUT2D eigenvalue weighted by molar-refractivity contribution is -0.114. The van der Waals surface area contributed by atoms with Crippen LogP contribution in [0.1, 0.15) is 23.6 Å². The molecule has 0 unspecified atom stereocenters. The van der Waals surface area contributed by atoms with Gasteiger partial charge in [-0.05, 0) is 80.8 Å². The fourth-order valence-corrected chi connectivity index (χ4v) is 5.13. The summed E-state index contributed by atoms with van der Waals surface area (Å²) in [4.78, 5) is 13.1. The first-order valence-corrected chi connectivity index (χ1v) is 12.4. The fourth-order valence-electron chi connectivity index (χ4n) is 3.47. The van der Waals surface area contributed by atoms with Crippen LogP contribution in [0.5, 0.6) is 11.5 Å². The number of ether oxygens (including phenoxy) is 2. The van der Waals surface area contributed by atoms with E-state index in [0.717, 1.165) is 21.0 Å². The Balaban J connectivity index is 2.04. The molecule has 34 heavy (non-hydrogen) atoms. The Morgan fingerprint density at radius 1 is 0.941 bits per heavy atom. The van der Waals surface area contributed by atoms with Crippen molar-refractivity contribution in [2.45, 2.75) is 32.6 Å². The smallest absolute Gasteiger partial charge is 0.268 e. The van der Waals surface area contributed by atoms with Gasteiger partial charge in [-0.15, -0.1) is 0 Å². The number of hydrogen-bond acceptors (Lipinski definition) is 5. The van der Waals surface area contributed by atoms with Crippen molar-refractivity contribution in [1.82, 2.24) is 0 Å². The highest BCUT2D eigenvalue weighted by Crippen LogP contribution is 2.32. The molecular formula is C26H30N2O5S. The van der Waals surface area contributed by atoms with E-state index in [4.69, 9.17) is 9.47 Å². The average Bonchev–Trinajstić information content (AvgIpc) is 2.80. The Hall–Kier alpha value is -3.52. The molecule has 8 heteroatoms. The summed E-state index contributed by atoms with van der Waals surface area (Å²) in [5.41, 5.74) is 3.55. The van der Waals surface area contributed by atoms with Crippen molar-refractivity contribution in [1.29, 1.82) is 0 Å². The maximum absolute atomic E-state index is 13.9. The molecule has 0 radical (unpaired) electrons. The van der Waals surface area contributed by atoms with Crippen LogP contribution in [0.15, 0.2) is 65.6 Å². The largest absolute Gasteiger partial charge is 0.495 e. The summed E-state index contributed by atoms with van der Waals surface area (Å²) in [6.45, 7) is 7.50. The summed E-state index contributed by atoms with van der Waals surface area (Å²) < 4.78 is 39.7. The van der Waals surface area contributed by atoms with E-state index in [2.05, 4.69) is 5.32 Å². The topological polar surface area (TPSA) is 84.9 Å². The van der Waals surface area contributed by atoms with Crippen LogP contribution in [0, 0.1) is 20.8 Å². The molecule has 0 heterocycles. The second-order valence-corrected chi connectivity index (χ2v) is 9.74. The third-order valence-corrected chi connectivity index (χ3v) is 7.21. The van der Waals surface area contributed by atoms with Crippen LogP contribution in [-0.2, 0) is 14.8 Å². The predicted octanol–water partition coefficient (Wildman–Crippen LogP) is 4.85. The van der Waals surface area contributed by atoms with Crippen molar-refractivity contribution in [3.63, 3.8) is 0 Å². The van der Waals surface area contributed by atoms with Gasteiger partial charge in [0.05, 0.1) is 25.1 Å². The van der Waals surface area contributed by atoms with E-state index in [1.165, 1.54) is 7.11 Å². The Bertz CT molecular complexity index is 1290. The maximum Gasteiger partial charge on any atom is 0.268 e. The van der Waals surface area contributed by atoms with Gasteiger partial charge >= 0.3 is 0 Å². The molecule has 0 aliphatic carbocycles. The van der Waals surface area contributed by atoms with Crippen molar-refractivity contribution in [2.75, 3.05) is 29.9 Å². The molecule has 3 aromatic carbocycles. The molecule has 0 aliphatic rings. The molecule has 0 aromatic heterocycles. The minimum atomic E-state index is -4.14. The normalized spacial score (nSPS) is 11.1. The molecule has 3 rings (SSSR count). The average molecular weight is 483 g/mol. The summed E-state index contributed by atoms with van der Waals surface area (Å²) in [6.07, 6.45) is 0. The van der Waals surface area contributed by atoms with E-state index in [9.17, 15) is 13.2 Å². The summed E-state index contributed by atoms with van der Waals surface area (Å²) in [6, 6.07) is 17.3. The van der Waals surface area contributed by atoms with Crippen LogP contribution in [0.25, 0.3) is 0 Å². The Kier molecular flexibility index (Phi) is 7.83. The maximum atomic E-state index is 13.9. The molecule has 1 amide bonds. The number of carbonyl (C=O) groups is 1. The molecule has 3 aromatic rings. The van der Waals surface area contributed by atoms with Crippen LogP contribution in [0.3, 0.4) is 0 Å². The van der Waals surface area contributed by atoms with Gasteiger partial charge in [0, 0.05) is 0 Å². The fraction of sp³-hybridized carbons (Fsp3) is 0.269. The number of rotatable bonds is 9. The van der Waals surface area contributed by atoms with E-state index in [1.807, 2.05) is 26.8 Å². The number of hydrogen-bond donors (Lipinski definition) is 1. The molecule has 0 aliphatic heterocycles. The molecule has 0 saturated carbocycles. The molecule has 1 N–H and O–H groups in total. The number of nitrogens with one attached hydrogen (secondary N) is 1. The second-order valence-electron chi connectivity index (χ2n) is 7.91. The number of methoxy groups -OCH3 is 1. The van der Waals surface area contributed by atoms with E-state index >= 15 is 0 Å². The third-order valence-electron chi connectivity index (χ3n) is 5.41. The Labute approximate surface area is 201 Å². The van der Waals surface area contributed by atoms with Crippen molar-refractivity contribution < 1.29 is 22.7 Å². The number of benzene rings is 3. The Morgan fingerprint density at radius 2 is 1.68 bits per heavy atom. The van der Waals surface area contributed by atoms with E-state index < -0.39 is 22.5 Å². The van der Waals surface area contributed by atoms with E-state index in [0.29, 0.717) is 23.7 Å². The zero-order valence-electron chi connectivity index (χ0n) is 20.1. The quantitative estimate of drug-likeness (QED) is 0.471. The molecule has 0 fully saturated rings. The molecule has 0 saturated heterocycles. The summed E-state index contributed by atoms with van der Waals surface area (Å²) in [5.74, 6) is 0.224. The zero-order chi connectivity index (χ0) is 24.9. The van der Waals surface area contributed by atoms with E-state index in [-0.39, 0.29) is 10.6 Å². The second kappa shape index (κ2) is 10.6. The van der Waals surface area contributed by atoms with E-state index in [1.54, 1.807) is 61.5 Å². The van der Waals surface area contributed by atoms with Gasteiger partial charge in [-0.1, -0.05) is 24.3 Å². The molecule has 180 valence electrons. The van der Waals surface area contributed by atoms with Gasteiger partial charge in [-0.2, -0.15) is 0 Å². The SMILES string of the molecule is CCOc1ccccc1NC(=O)CN(c1ccc(C)c(C)c1)S(=O)(=O)c1cc(C)ccc1OC. The molecule has 0 bridgehead atoms. The first-order valence-electron chi connectivity index (χ1n) is 10.9. The van der Waals surface area contributed by atoms with Gasteiger partial charge in [0.2, 0.25) is 5.91 Å². The monoisotopic (exact) mass is 482 g/mol. The lowest BCUT2D eigenvalue weighted by Gasteiger charge is -2.26. The number of aryl methyl sites for hydroxylation is 3. The third kappa shape index (κ3) is 5.51.